The van der Waals surface area contributed by atoms with Crippen molar-refractivity contribution in [3.05, 3.63) is 106 Å². The molecule has 1 fully saturated rings. The first-order chi connectivity index (χ1) is 18.3. The van der Waals surface area contributed by atoms with Crippen LogP contribution in [0.15, 0.2) is 81.8 Å². The quantitative estimate of drug-likeness (QED) is 0.226. The van der Waals surface area contributed by atoms with Crippen LogP contribution in [0.3, 0.4) is 0 Å². The summed E-state index contributed by atoms with van der Waals surface area (Å²) < 4.78 is 7.41. The lowest BCUT2D eigenvalue weighted by atomic mass is 10.0. The number of rotatable bonds is 7. The third-order valence-corrected chi connectivity index (χ3v) is 7.76. The van der Waals surface area contributed by atoms with Gasteiger partial charge in [0.25, 0.3) is 0 Å². The molecule has 2 N–H and O–H groups in total. The molecule has 1 aliphatic rings. The Kier molecular flexibility index (Phi) is 7.63. The van der Waals surface area contributed by atoms with Crippen LogP contribution in [-0.4, -0.2) is 27.4 Å². The summed E-state index contributed by atoms with van der Waals surface area (Å²) in [7, 11) is 0. The van der Waals surface area contributed by atoms with Gasteiger partial charge in [-0.05, 0) is 92.1 Å². The molecule has 2 unspecified atom stereocenters. The van der Waals surface area contributed by atoms with E-state index in [0.29, 0.717) is 11.7 Å². The van der Waals surface area contributed by atoms with Crippen molar-refractivity contribution < 1.29 is 9.21 Å². The zero-order valence-corrected chi connectivity index (χ0v) is 23.9. The number of pyridine rings is 1. The minimum atomic E-state index is -0.260. The Morgan fingerprint density at radius 2 is 1.87 bits per heavy atom. The Hall–Kier alpha value is -3.49. The van der Waals surface area contributed by atoms with Crippen LogP contribution in [0.4, 0.5) is 5.69 Å². The number of carbonyl (C=O) groups is 1. The van der Waals surface area contributed by atoms with Crippen molar-refractivity contribution in [3.8, 4) is 11.3 Å². The molecule has 194 valence electrons. The number of hydrogen-bond donors (Lipinski definition) is 2. The molecule has 0 radical (unpaired) electrons. The van der Waals surface area contributed by atoms with Crippen molar-refractivity contribution >= 4 is 44.9 Å². The summed E-state index contributed by atoms with van der Waals surface area (Å²) in [6.45, 7) is 6.49. The minimum Gasteiger partial charge on any atom is -0.459 e. The van der Waals surface area contributed by atoms with E-state index in [1.807, 2.05) is 73.3 Å². The molecule has 2 atom stereocenters. The first-order valence-electron chi connectivity index (χ1n) is 12.5. The monoisotopic (exact) mass is 588 g/mol. The van der Waals surface area contributed by atoms with Crippen molar-refractivity contribution in [2.24, 2.45) is 0 Å². The summed E-state index contributed by atoms with van der Waals surface area (Å²) in [5, 5.41) is 7.04. The van der Waals surface area contributed by atoms with E-state index in [9.17, 15) is 4.79 Å². The van der Waals surface area contributed by atoms with Crippen molar-refractivity contribution in [2.45, 2.75) is 39.3 Å². The van der Waals surface area contributed by atoms with Gasteiger partial charge in [0.1, 0.15) is 17.6 Å². The number of benzene rings is 2. The number of aryl methyl sites for hydroxylation is 3. The largest absolute Gasteiger partial charge is 0.459 e. The molecule has 1 aliphatic heterocycles. The summed E-state index contributed by atoms with van der Waals surface area (Å²) in [5.41, 5.74) is 5.96. The van der Waals surface area contributed by atoms with Gasteiger partial charge in [0.05, 0.1) is 11.7 Å². The van der Waals surface area contributed by atoms with Gasteiger partial charge in [0.15, 0.2) is 5.11 Å². The Labute approximate surface area is 236 Å². The maximum atomic E-state index is 12.9. The molecular formula is C30H29BrN4O2S. The fourth-order valence-electron chi connectivity index (χ4n) is 4.74. The first-order valence-corrected chi connectivity index (χ1v) is 13.7. The van der Waals surface area contributed by atoms with Crippen molar-refractivity contribution in [3.63, 3.8) is 0 Å². The van der Waals surface area contributed by atoms with Crippen LogP contribution in [0.5, 0.6) is 0 Å². The maximum Gasteiger partial charge on any atom is 0.226 e. The SMILES string of the molecule is Cc1ccc(-c2ccc(C3C(c4ccccn4)NC(=S)N3CCC(=O)Nc3cc(C)ccc3C)o2)c(Br)c1. The molecule has 2 aromatic carbocycles. The number of hydrogen-bond acceptors (Lipinski definition) is 4. The molecule has 0 spiro atoms. The highest BCUT2D eigenvalue weighted by molar-refractivity contribution is 9.10. The number of halogens is 1. The molecule has 1 amide bonds. The zero-order valence-electron chi connectivity index (χ0n) is 21.5. The van der Waals surface area contributed by atoms with Crippen LogP contribution in [0.25, 0.3) is 11.3 Å². The molecule has 2 aromatic heterocycles. The van der Waals surface area contributed by atoms with E-state index in [1.54, 1.807) is 6.20 Å². The van der Waals surface area contributed by atoms with E-state index < -0.39 is 0 Å². The van der Waals surface area contributed by atoms with Gasteiger partial charge >= 0.3 is 0 Å². The fourth-order valence-corrected chi connectivity index (χ4v) is 5.76. The van der Waals surface area contributed by atoms with Crippen LogP contribution in [0, 0.1) is 20.8 Å². The third-order valence-electron chi connectivity index (χ3n) is 6.75. The van der Waals surface area contributed by atoms with E-state index in [2.05, 4.69) is 50.6 Å². The lowest BCUT2D eigenvalue weighted by Gasteiger charge is -2.26. The highest BCUT2D eigenvalue weighted by Gasteiger charge is 2.41. The lowest BCUT2D eigenvalue weighted by Crippen LogP contribution is -2.32. The Balaban J connectivity index is 1.41. The first kappa shape index (κ1) is 26.1. The van der Waals surface area contributed by atoms with Gasteiger partial charge in [0, 0.05) is 34.9 Å². The van der Waals surface area contributed by atoms with E-state index >= 15 is 0 Å². The molecule has 8 heteroatoms. The number of nitrogens with one attached hydrogen (secondary N) is 2. The Morgan fingerprint density at radius 1 is 1.08 bits per heavy atom. The third kappa shape index (κ3) is 5.51. The van der Waals surface area contributed by atoms with Gasteiger partial charge in [-0.15, -0.1) is 0 Å². The second kappa shape index (κ2) is 11.1. The standard InChI is InChI=1S/C30H29BrN4O2S/c1-18-8-10-21(22(31)16-18)25-11-12-26(37-25)29-28(23-6-4-5-14-32-23)34-30(38)35(29)15-13-27(36)33-24-17-19(2)7-9-20(24)3/h4-12,14,16-17,28-29H,13,15H2,1-3H3,(H,33,36)(H,34,38). The number of nitrogens with zero attached hydrogens (tertiary/aromatic N) is 2. The normalized spacial score (nSPS) is 16.9. The van der Waals surface area contributed by atoms with Gasteiger partial charge in [-0.2, -0.15) is 0 Å². The highest BCUT2D eigenvalue weighted by atomic mass is 79.9. The lowest BCUT2D eigenvalue weighted by molar-refractivity contribution is -0.116. The van der Waals surface area contributed by atoms with Gasteiger partial charge in [-0.25, -0.2) is 0 Å². The summed E-state index contributed by atoms with van der Waals surface area (Å²) in [6, 6.07) is 21.5. The molecular weight excluding hydrogens is 560 g/mol. The van der Waals surface area contributed by atoms with E-state index in [-0.39, 0.29) is 24.4 Å². The van der Waals surface area contributed by atoms with E-state index in [1.165, 1.54) is 5.56 Å². The average molecular weight is 590 g/mol. The second-order valence-corrected chi connectivity index (χ2v) is 10.9. The van der Waals surface area contributed by atoms with Crippen LogP contribution >= 0.6 is 28.1 Å². The summed E-state index contributed by atoms with van der Waals surface area (Å²) in [4.78, 5) is 19.6. The zero-order chi connectivity index (χ0) is 26.8. The van der Waals surface area contributed by atoms with Crippen LogP contribution in [0.1, 0.15) is 46.6 Å². The molecule has 3 heterocycles. The molecule has 0 bridgehead atoms. The summed E-state index contributed by atoms with van der Waals surface area (Å²) in [6.07, 6.45) is 2.05. The van der Waals surface area contributed by atoms with Gasteiger partial charge < -0.3 is 20.0 Å². The van der Waals surface area contributed by atoms with Crippen molar-refractivity contribution in [2.75, 3.05) is 11.9 Å². The molecule has 0 aliphatic carbocycles. The summed E-state index contributed by atoms with van der Waals surface area (Å²) >= 11 is 9.42. The average Bonchev–Trinajstić information content (AvgIpc) is 3.50. The smallest absolute Gasteiger partial charge is 0.226 e. The number of anilines is 1. The predicted octanol–water partition coefficient (Wildman–Crippen LogP) is 7.03. The number of thiocarbonyl (C=S) groups is 1. The van der Waals surface area contributed by atoms with Gasteiger partial charge in [-0.1, -0.05) is 40.2 Å². The number of carbonyl (C=O) groups excluding carboxylic acids is 1. The topological polar surface area (TPSA) is 70.4 Å². The molecule has 1 saturated heterocycles. The minimum absolute atomic E-state index is 0.0646. The van der Waals surface area contributed by atoms with Crippen LogP contribution < -0.4 is 10.6 Å². The second-order valence-electron chi connectivity index (χ2n) is 9.62. The Morgan fingerprint density at radius 3 is 2.63 bits per heavy atom. The fraction of sp³-hybridized carbons (Fsp3) is 0.233. The number of aromatic nitrogens is 1. The number of amides is 1. The molecule has 0 saturated carbocycles. The van der Waals surface area contributed by atoms with E-state index in [0.717, 1.165) is 44.1 Å². The molecule has 4 aromatic rings. The summed E-state index contributed by atoms with van der Waals surface area (Å²) in [5.74, 6) is 1.45. The van der Waals surface area contributed by atoms with Gasteiger partial charge in [-0.3, -0.25) is 9.78 Å². The molecule has 6 nitrogen and oxygen atoms in total. The van der Waals surface area contributed by atoms with Crippen LogP contribution in [-0.2, 0) is 4.79 Å². The number of furan rings is 1. The maximum absolute atomic E-state index is 12.9. The van der Waals surface area contributed by atoms with Crippen molar-refractivity contribution in [1.82, 2.24) is 15.2 Å². The Bertz CT molecular complexity index is 1490. The van der Waals surface area contributed by atoms with Crippen molar-refractivity contribution in [1.29, 1.82) is 0 Å². The van der Waals surface area contributed by atoms with Gasteiger partial charge in [0.2, 0.25) is 5.91 Å². The molecule has 38 heavy (non-hydrogen) atoms. The predicted molar refractivity (Wildman–Crippen MR) is 158 cm³/mol. The van der Waals surface area contributed by atoms with Crippen LogP contribution in [0.2, 0.25) is 0 Å². The van der Waals surface area contributed by atoms with E-state index in [4.69, 9.17) is 16.6 Å². The molecule has 5 rings (SSSR count). The highest BCUT2D eigenvalue weighted by Crippen LogP contribution is 2.41.